The Morgan fingerprint density at radius 2 is 1.27 bits per heavy atom. The molecule has 0 heterocycles. The van der Waals surface area contributed by atoms with Gasteiger partial charge in [0.2, 0.25) is 0 Å². The van der Waals surface area contributed by atoms with Crippen molar-refractivity contribution in [2.24, 2.45) is 0 Å². The molecule has 0 radical (unpaired) electrons. The topological polar surface area (TPSA) is 54.4 Å². The molecule has 0 atom stereocenters. The SMILES string of the molecule is C=Cc1ccccc1/C=C/c1cccc(C=C)c1S(=O)(=O)O. The van der Waals surface area contributed by atoms with Crippen molar-refractivity contribution in [3.05, 3.63) is 77.9 Å². The Morgan fingerprint density at radius 1 is 0.773 bits per heavy atom. The van der Waals surface area contributed by atoms with E-state index in [9.17, 15) is 13.0 Å². The van der Waals surface area contributed by atoms with Crippen molar-refractivity contribution >= 4 is 34.4 Å². The Hall–Kier alpha value is -2.43. The average molecular weight is 312 g/mol. The fourth-order valence-electron chi connectivity index (χ4n) is 2.19. The normalized spacial score (nSPS) is 11.5. The maximum absolute atomic E-state index is 11.6. The van der Waals surface area contributed by atoms with E-state index in [1.54, 1.807) is 36.4 Å². The van der Waals surface area contributed by atoms with E-state index in [-0.39, 0.29) is 4.90 Å². The number of benzene rings is 2. The Labute approximate surface area is 130 Å². The minimum absolute atomic E-state index is 0.141. The quantitative estimate of drug-likeness (QED) is 0.658. The van der Waals surface area contributed by atoms with Crippen LogP contribution in [0, 0.1) is 0 Å². The predicted octanol–water partition coefficient (Wildman–Crippen LogP) is 4.39. The third kappa shape index (κ3) is 3.42. The van der Waals surface area contributed by atoms with Crippen LogP contribution in [-0.2, 0) is 10.1 Å². The molecule has 0 saturated heterocycles. The van der Waals surface area contributed by atoms with Gasteiger partial charge in [0.25, 0.3) is 10.1 Å². The molecule has 0 fully saturated rings. The lowest BCUT2D eigenvalue weighted by Gasteiger charge is -2.07. The smallest absolute Gasteiger partial charge is 0.282 e. The van der Waals surface area contributed by atoms with Crippen LogP contribution in [0.1, 0.15) is 22.3 Å². The summed E-state index contributed by atoms with van der Waals surface area (Å²) in [5, 5.41) is 0. The standard InChI is InChI=1S/C18H16O3S/c1-3-14-8-5-6-9-16(14)12-13-17-11-7-10-15(4-2)18(17)22(19,20)21/h3-13H,1-2H2,(H,19,20,21)/b13-12+. The van der Waals surface area contributed by atoms with Crippen LogP contribution < -0.4 is 0 Å². The van der Waals surface area contributed by atoms with Crippen LogP contribution in [0.2, 0.25) is 0 Å². The molecule has 3 nitrogen and oxygen atoms in total. The van der Waals surface area contributed by atoms with E-state index < -0.39 is 10.1 Å². The molecule has 4 heteroatoms. The molecule has 0 saturated carbocycles. The van der Waals surface area contributed by atoms with E-state index in [2.05, 4.69) is 13.2 Å². The van der Waals surface area contributed by atoms with Crippen molar-refractivity contribution in [1.82, 2.24) is 0 Å². The molecule has 0 aliphatic heterocycles. The van der Waals surface area contributed by atoms with E-state index in [1.165, 1.54) is 6.08 Å². The van der Waals surface area contributed by atoms with Crippen molar-refractivity contribution < 1.29 is 13.0 Å². The number of rotatable bonds is 5. The van der Waals surface area contributed by atoms with Crippen molar-refractivity contribution in [3.63, 3.8) is 0 Å². The fraction of sp³-hybridized carbons (Fsp3) is 0. The lowest BCUT2D eigenvalue weighted by atomic mass is 10.0. The van der Waals surface area contributed by atoms with Crippen molar-refractivity contribution in [2.45, 2.75) is 4.90 Å². The highest BCUT2D eigenvalue weighted by molar-refractivity contribution is 7.86. The third-order valence-corrected chi connectivity index (χ3v) is 4.20. The second-order valence-electron chi connectivity index (χ2n) is 4.61. The van der Waals surface area contributed by atoms with Gasteiger partial charge in [0, 0.05) is 0 Å². The van der Waals surface area contributed by atoms with Crippen LogP contribution >= 0.6 is 0 Å². The van der Waals surface area contributed by atoms with E-state index in [1.807, 2.05) is 24.3 Å². The Bertz CT molecular complexity index is 846. The third-order valence-electron chi connectivity index (χ3n) is 3.21. The lowest BCUT2D eigenvalue weighted by Crippen LogP contribution is -2.03. The van der Waals surface area contributed by atoms with Crippen LogP contribution in [0.3, 0.4) is 0 Å². The molecule has 2 rings (SSSR count). The van der Waals surface area contributed by atoms with Gasteiger partial charge in [-0.05, 0) is 22.3 Å². The largest absolute Gasteiger partial charge is 0.295 e. The zero-order chi connectivity index (χ0) is 16.2. The summed E-state index contributed by atoms with van der Waals surface area (Å²) < 4.78 is 32.7. The Balaban J connectivity index is 2.57. The summed E-state index contributed by atoms with van der Waals surface area (Å²) >= 11 is 0. The first kappa shape index (κ1) is 15.9. The van der Waals surface area contributed by atoms with Gasteiger partial charge in [-0.2, -0.15) is 8.42 Å². The minimum atomic E-state index is -4.34. The van der Waals surface area contributed by atoms with Crippen LogP contribution in [0.4, 0.5) is 0 Å². The molecular weight excluding hydrogens is 296 g/mol. The molecule has 112 valence electrons. The number of hydrogen-bond donors (Lipinski definition) is 1. The lowest BCUT2D eigenvalue weighted by molar-refractivity contribution is 0.483. The van der Waals surface area contributed by atoms with Crippen molar-refractivity contribution in [1.29, 1.82) is 0 Å². The number of hydrogen-bond acceptors (Lipinski definition) is 2. The van der Waals surface area contributed by atoms with Crippen LogP contribution in [0.15, 0.2) is 60.5 Å². The first-order valence-electron chi connectivity index (χ1n) is 6.60. The molecule has 0 aliphatic carbocycles. The van der Waals surface area contributed by atoms with Gasteiger partial charge in [0.15, 0.2) is 0 Å². The Kier molecular flexibility index (Phi) is 4.75. The summed E-state index contributed by atoms with van der Waals surface area (Å²) in [5.41, 5.74) is 2.61. The van der Waals surface area contributed by atoms with Crippen LogP contribution in [-0.4, -0.2) is 13.0 Å². The summed E-state index contributed by atoms with van der Waals surface area (Å²) in [6, 6.07) is 12.5. The van der Waals surface area contributed by atoms with Gasteiger partial charge < -0.3 is 0 Å². The molecule has 0 amide bonds. The molecule has 0 bridgehead atoms. The highest BCUT2D eigenvalue weighted by atomic mass is 32.2. The van der Waals surface area contributed by atoms with Crippen molar-refractivity contribution in [3.8, 4) is 0 Å². The van der Waals surface area contributed by atoms with Gasteiger partial charge >= 0.3 is 0 Å². The maximum atomic E-state index is 11.6. The summed E-state index contributed by atoms with van der Waals surface area (Å²) in [5.74, 6) is 0. The van der Waals surface area contributed by atoms with Crippen LogP contribution in [0.5, 0.6) is 0 Å². The maximum Gasteiger partial charge on any atom is 0.295 e. The molecule has 1 N–H and O–H groups in total. The molecular formula is C18H16O3S. The summed E-state index contributed by atoms with van der Waals surface area (Å²) in [7, 11) is -4.34. The Morgan fingerprint density at radius 3 is 1.86 bits per heavy atom. The highest BCUT2D eigenvalue weighted by Gasteiger charge is 2.17. The second-order valence-corrected chi connectivity index (χ2v) is 5.97. The zero-order valence-electron chi connectivity index (χ0n) is 11.9. The molecule has 0 aliphatic rings. The molecule has 22 heavy (non-hydrogen) atoms. The second kappa shape index (κ2) is 6.56. The average Bonchev–Trinajstić information content (AvgIpc) is 2.51. The summed E-state index contributed by atoms with van der Waals surface area (Å²) in [6.45, 7) is 7.33. The van der Waals surface area contributed by atoms with E-state index >= 15 is 0 Å². The van der Waals surface area contributed by atoms with Crippen molar-refractivity contribution in [2.75, 3.05) is 0 Å². The molecule has 0 aromatic heterocycles. The van der Waals surface area contributed by atoms with E-state index in [0.29, 0.717) is 11.1 Å². The van der Waals surface area contributed by atoms with Gasteiger partial charge in [-0.25, -0.2) is 0 Å². The molecule has 0 unspecified atom stereocenters. The van der Waals surface area contributed by atoms with E-state index in [4.69, 9.17) is 0 Å². The first-order chi connectivity index (χ1) is 10.5. The van der Waals surface area contributed by atoms with E-state index in [0.717, 1.165) is 11.1 Å². The summed E-state index contributed by atoms with van der Waals surface area (Å²) in [6.07, 6.45) is 6.56. The van der Waals surface area contributed by atoms with Gasteiger partial charge in [-0.15, -0.1) is 0 Å². The van der Waals surface area contributed by atoms with Gasteiger partial charge in [-0.1, -0.05) is 79.9 Å². The van der Waals surface area contributed by atoms with Gasteiger partial charge in [0.05, 0.1) is 0 Å². The molecule has 2 aromatic rings. The summed E-state index contributed by atoms with van der Waals surface area (Å²) in [4.78, 5) is -0.141. The highest BCUT2D eigenvalue weighted by Crippen LogP contribution is 2.24. The van der Waals surface area contributed by atoms with Crippen LogP contribution in [0.25, 0.3) is 24.3 Å². The zero-order valence-corrected chi connectivity index (χ0v) is 12.8. The first-order valence-corrected chi connectivity index (χ1v) is 8.04. The fourth-order valence-corrected chi connectivity index (χ4v) is 3.07. The predicted molar refractivity (Wildman–Crippen MR) is 91.8 cm³/mol. The van der Waals surface area contributed by atoms with Gasteiger partial charge in [-0.3, -0.25) is 4.55 Å². The minimum Gasteiger partial charge on any atom is -0.282 e. The van der Waals surface area contributed by atoms with Gasteiger partial charge in [0.1, 0.15) is 4.90 Å². The molecule has 2 aromatic carbocycles. The molecule has 0 spiro atoms. The monoisotopic (exact) mass is 312 g/mol.